The predicted molar refractivity (Wildman–Crippen MR) is 133 cm³/mol. The summed E-state index contributed by atoms with van der Waals surface area (Å²) in [7, 11) is 1.65. The number of hydrogen-bond donors (Lipinski definition) is 1. The number of hydrogen-bond acceptors (Lipinski definition) is 7. The fourth-order valence-electron chi connectivity index (χ4n) is 5.66. The van der Waals surface area contributed by atoms with Gasteiger partial charge < -0.3 is 15.0 Å². The highest BCUT2D eigenvalue weighted by Crippen LogP contribution is 2.48. The van der Waals surface area contributed by atoms with Crippen LogP contribution in [0.2, 0.25) is 0 Å². The first-order valence-electron chi connectivity index (χ1n) is 12.0. The smallest absolute Gasteiger partial charge is 0.272 e. The molecule has 2 aromatic carbocycles. The lowest BCUT2D eigenvalue weighted by Crippen LogP contribution is -2.66. The molecule has 8 heteroatoms. The Morgan fingerprint density at radius 1 is 1.29 bits per heavy atom. The number of aryl methyl sites for hydroxylation is 1. The van der Waals surface area contributed by atoms with E-state index in [0.29, 0.717) is 29.1 Å². The van der Waals surface area contributed by atoms with Crippen LogP contribution in [0.15, 0.2) is 42.6 Å². The number of benzene rings is 2. The molecule has 2 heterocycles. The Kier molecular flexibility index (Phi) is 6.13. The summed E-state index contributed by atoms with van der Waals surface area (Å²) in [6, 6.07) is 14.0. The van der Waals surface area contributed by atoms with Crippen LogP contribution in [0.5, 0.6) is 5.75 Å². The van der Waals surface area contributed by atoms with Gasteiger partial charge in [0, 0.05) is 55.4 Å². The van der Waals surface area contributed by atoms with E-state index in [1.165, 1.54) is 0 Å². The van der Waals surface area contributed by atoms with Crippen molar-refractivity contribution in [2.45, 2.75) is 38.8 Å². The lowest BCUT2D eigenvalue weighted by Gasteiger charge is -2.59. The summed E-state index contributed by atoms with van der Waals surface area (Å²) in [5.41, 5.74) is 4.77. The van der Waals surface area contributed by atoms with Gasteiger partial charge in [-0.2, -0.15) is 5.26 Å². The molecule has 0 amide bonds. The van der Waals surface area contributed by atoms with Gasteiger partial charge in [-0.1, -0.05) is 12.1 Å². The highest BCUT2D eigenvalue weighted by atomic mass is 16.6. The quantitative estimate of drug-likeness (QED) is 0.389. The second-order valence-corrected chi connectivity index (χ2v) is 9.97. The number of nitro benzene ring substituents is 1. The summed E-state index contributed by atoms with van der Waals surface area (Å²) >= 11 is 0. The van der Waals surface area contributed by atoms with Gasteiger partial charge >= 0.3 is 0 Å². The molecular formula is C27H29N5O3. The molecular weight excluding hydrogens is 442 g/mol. The predicted octanol–water partition coefficient (Wildman–Crippen LogP) is 4.13. The van der Waals surface area contributed by atoms with Crippen molar-refractivity contribution in [2.75, 3.05) is 26.7 Å². The molecule has 8 nitrogen and oxygen atoms in total. The van der Waals surface area contributed by atoms with Crippen molar-refractivity contribution in [1.29, 1.82) is 5.26 Å². The highest BCUT2D eigenvalue weighted by molar-refractivity contribution is 5.85. The molecule has 3 aromatic rings. The minimum absolute atomic E-state index is 0.184. The Hall–Kier alpha value is -3.54. The topological polar surface area (TPSA) is 104 Å². The molecule has 2 aliphatic rings. The third-order valence-corrected chi connectivity index (χ3v) is 7.53. The fourth-order valence-corrected chi connectivity index (χ4v) is 5.66. The molecule has 180 valence electrons. The SMILES string of the molecule is COc1ccc2ncc(C#N)c(CCN3CC4(CC(NCc5ccc(C)c([N+](=O)[O-])c5)C4)C3)c2c1. The molecule has 1 aliphatic heterocycles. The van der Waals surface area contributed by atoms with Crippen LogP contribution in [-0.2, 0) is 13.0 Å². The maximum Gasteiger partial charge on any atom is 0.272 e. The molecule has 0 atom stereocenters. The Morgan fingerprint density at radius 2 is 2.09 bits per heavy atom. The number of rotatable bonds is 8. The van der Waals surface area contributed by atoms with Gasteiger partial charge in [0.2, 0.25) is 0 Å². The van der Waals surface area contributed by atoms with Crippen molar-refractivity contribution >= 4 is 16.6 Å². The van der Waals surface area contributed by atoms with E-state index in [-0.39, 0.29) is 10.6 Å². The van der Waals surface area contributed by atoms with Gasteiger partial charge in [0.05, 0.1) is 23.1 Å². The van der Waals surface area contributed by atoms with E-state index in [4.69, 9.17) is 4.74 Å². The van der Waals surface area contributed by atoms with Crippen LogP contribution in [0, 0.1) is 33.8 Å². The number of ether oxygens (including phenoxy) is 1. The maximum atomic E-state index is 11.2. The van der Waals surface area contributed by atoms with E-state index in [1.54, 1.807) is 26.3 Å². The first-order chi connectivity index (χ1) is 16.9. The second kappa shape index (κ2) is 9.25. The number of nitriles is 1. The fraction of sp³-hybridized carbons (Fsp3) is 0.407. The summed E-state index contributed by atoms with van der Waals surface area (Å²) < 4.78 is 5.38. The standard InChI is InChI=1S/C27H29N5O3/c1-18-3-4-19(9-26(18)32(33)34)14-29-21-11-27(12-21)16-31(17-27)8-7-23-20(13-28)15-30-25-6-5-22(35-2)10-24(23)25/h3-6,9-10,15,21,29H,7-8,11-12,14,16-17H2,1-2H3. The Bertz CT molecular complexity index is 1320. The van der Waals surface area contributed by atoms with Gasteiger partial charge in [0.25, 0.3) is 5.69 Å². The summed E-state index contributed by atoms with van der Waals surface area (Å²) in [5, 5.41) is 25.3. The van der Waals surface area contributed by atoms with Gasteiger partial charge in [0.1, 0.15) is 11.8 Å². The molecule has 5 rings (SSSR count). The normalized spacial score (nSPS) is 17.1. The van der Waals surface area contributed by atoms with Crippen molar-refractivity contribution in [1.82, 2.24) is 15.2 Å². The van der Waals surface area contributed by atoms with Crippen LogP contribution in [0.4, 0.5) is 5.69 Å². The van der Waals surface area contributed by atoms with Crippen molar-refractivity contribution in [3.63, 3.8) is 0 Å². The molecule has 1 saturated heterocycles. The van der Waals surface area contributed by atoms with Crippen LogP contribution < -0.4 is 10.1 Å². The molecule has 0 radical (unpaired) electrons. The molecule has 1 aliphatic carbocycles. The Morgan fingerprint density at radius 3 is 2.80 bits per heavy atom. The largest absolute Gasteiger partial charge is 0.497 e. The third kappa shape index (κ3) is 4.57. The van der Waals surface area contributed by atoms with Gasteiger partial charge in [-0.3, -0.25) is 15.1 Å². The number of likely N-dealkylation sites (tertiary alicyclic amines) is 1. The lowest BCUT2D eigenvalue weighted by atomic mass is 9.60. The molecule has 1 aromatic heterocycles. The van der Waals surface area contributed by atoms with Crippen molar-refractivity contribution in [3.8, 4) is 11.8 Å². The maximum absolute atomic E-state index is 11.2. The minimum Gasteiger partial charge on any atom is -0.497 e. The minimum atomic E-state index is -0.315. The van der Waals surface area contributed by atoms with Crippen molar-refractivity contribution < 1.29 is 9.66 Å². The highest BCUT2D eigenvalue weighted by Gasteiger charge is 2.51. The molecule has 1 spiro atoms. The zero-order chi connectivity index (χ0) is 24.6. The number of methoxy groups -OCH3 is 1. The van der Waals surface area contributed by atoms with E-state index in [1.807, 2.05) is 30.3 Å². The molecule has 0 unspecified atom stereocenters. The van der Waals surface area contributed by atoms with Crippen LogP contribution >= 0.6 is 0 Å². The number of aromatic nitrogens is 1. The van der Waals surface area contributed by atoms with Crippen molar-refractivity contribution in [2.24, 2.45) is 5.41 Å². The number of nitrogens with one attached hydrogen (secondary N) is 1. The first kappa shape index (κ1) is 23.2. The summed E-state index contributed by atoms with van der Waals surface area (Å²) in [6.45, 7) is 5.49. The summed E-state index contributed by atoms with van der Waals surface area (Å²) in [6.07, 6.45) is 4.75. The molecule has 1 saturated carbocycles. The summed E-state index contributed by atoms with van der Waals surface area (Å²) in [5.74, 6) is 0.770. The van der Waals surface area contributed by atoms with Gasteiger partial charge in [-0.15, -0.1) is 0 Å². The average Bonchev–Trinajstić information content (AvgIpc) is 2.81. The zero-order valence-corrected chi connectivity index (χ0v) is 20.1. The Labute approximate surface area is 204 Å². The molecule has 35 heavy (non-hydrogen) atoms. The van der Waals surface area contributed by atoms with Crippen LogP contribution in [-0.4, -0.2) is 47.6 Å². The number of pyridine rings is 1. The molecule has 0 bridgehead atoms. The molecule has 2 fully saturated rings. The van der Waals surface area contributed by atoms with E-state index in [2.05, 4.69) is 21.3 Å². The summed E-state index contributed by atoms with van der Waals surface area (Å²) in [4.78, 5) is 17.7. The van der Waals surface area contributed by atoms with E-state index < -0.39 is 0 Å². The molecule has 1 N–H and O–H groups in total. The number of nitro groups is 1. The van der Waals surface area contributed by atoms with Gasteiger partial charge in [-0.05, 0) is 60.9 Å². The van der Waals surface area contributed by atoms with E-state index in [0.717, 1.165) is 66.7 Å². The van der Waals surface area contributed by atoms with Gasteiger partial charge in [0.15, 0.2) is 0 Å². The second-order valence-electron chi connectivity index (χ2n) is 9.97. The average molecular weight is 472 g/mol. The van der Waals surface area contributed by atoms with Crippen LogP contribution in [0.3, 0.4) is 0 Å². The van der Waals surface area contributed by atoms with Crippen molar-refractivity contribution in [3.05, 3.63) is 75.0 Å². The number of fused-ring (bicyclic) bond motifs is 1. The van der Waals surface area contributed by atoms with Crippen LogP contribution in [0.25, 0.3) is 10.9 Å². The zero-order valence-electron chi connectivity index (χ0n) is 20.1. The monoisotopic (exact) mass is 471 g/mol. The lowest BCUT2D eigenvalue weighted by molar-refractivity contribution is -0.385. The third-order valence-electron chi connectivity index (χ3n) is 7.53. The van der Waals surface area contributed by atoms with E-state index in [9.17, 15) is 15.4 Å². The van der Waals surface area contributed by atoms with Gasteiger partial charge in [-0.25, -0.2) is 0 Å². The van der Waals surface area contributed by atoms with Crippen LogP contribution in [0.1, 0.15) is 35.1 Å². The van der Waals surface area contributed by atoms with E-state index >= 15 is 0 Å². The number of nitrogens with zero attached hydrogens (tertiary/aromatic N) is 4. The Balaban J connectivity index is 1.13. The first-order valence-corrected chi connectivity index (χ1v) is 12.0.